The van der Waals surface area contributed by atoms with Crippen LogP contribution in [0, 0.1) is 0 Å². The summed E-state index contributed by atoms with van der Waals surface area (Å²) in [5, 5.41) is 68.8. The number of aromatic nitrogens is 4. The number of hydrogen-bond donors (Lipinski definition) is 19. The van der Waals surface area contributed by atoms with Crippen LogP contribution in [-0.2, 0) is 123 Å². The molecule has 22 N–H and O–H groups in total. The van der Waals surface area contributed by atoms with Crippen molar-refractivity contribution in [1.29, 1.82) is 0 Å². The van der Waals surface area contributed by atoms with Crippen LogP contribution in [0.1, 0.15) is 134 Å². The first-order valence-electron chi connectivity index (χ1n) is 44.9. The average molecular weight is 1910 g/mol. The fourth-order valence-corrected chi connectivity index (χ4v) is 17.5. The molecule has 3 aliphatic rings. The normalized spacial score (nSPS) is 24.6. The Bertz CT molecular complexity index is 5340. The van der Waals surface area contributed by atoms with Gasteiger partial charge in [0.25, 0.3) is 0 Å². The van der Waals surface area contributed by atoms with Gasteiger partial charge in [0.05, 0.1) is 31.1 Å². The van der Waals surface area contributed by atoms with Crippen LogP contribution in [0.5, 0.6) is 5.75 Å². The fourth-order valence-electron chi connectivity index (χ4n) is 16.7. The number of primary amides is 2. The third kappa shape index (κ3) is 28.8. The van der Waals surface area contributed by atoms with Gasteiger partial charge in [-0.05, 0) is 99.9 Å². The first-order valence-corrected chi connectivity index (χ1v) is 46.1. The van der Waals surface area contributed by atoms with E-state index in [1.807, 2.05) is 13.8 Å². The number of carbonyl (C=O) groups is 19. The molecule has 0 spiro atoms. The Morgan fingerprint density at radius 2 is 1.14 bits per heavy atom. The number of benzene rings is 3. The largest absolute Gasteiger partial charge is 0.508 e. The molecule has 46 heteroatoms. The molecule has 136 heavy (non-hydrogen) atoms. The van der Waals surface area contributed by atoms with Gasteiger partial charge < -0.3 is 130 Å². The number of nitrogens with zero attached hydrogens (tertiary/aromatic N) is 7. The third-order valence-electron chi connectivity index (χ3n) is 24.2. The molecular weight excluding hydrogens is 1790 g/mol. The van der Waals surface area contributed by atoms with Crippen molar-refractivity contribution in [3.63, 3.8) is 0 Å². The van der Waals surface area contributed by atoms with Crippen molar-refractivity contribution in [2.24, 2.45) is 17.2 Å². The molecule has 45 nitrogen and oxygen atoms in total. The molecule has 6 heterocycles. The quantitative estimate of drug-likeness (QED) is 0.0251. The van der Waals surface area contributed by atoms with Gasteiger partial charge in [-0.1, -0.05) is 88.1 Å². The predicted molar refractivity (Wildman–Crippen MR) is 492 cm³/mol. The predicted octanol–water partition coefficient (Wildman–Crippen LogP) is -3.44. The maximum atomic E-state index is 15.9. The summed E-state index contributed by atoms with van der Waals surface area (Å²) in [5.41, 5.74) is 19.7. The van der Waals surface area contributed by atoms with Crippen LogP contribution < -0.4 is 70.4 Å². The number of rotatable bonds is 26. The molecule has 736 valence electrons. The van der Waals surface area contributed by atoms with Gasteiger partial charge in [-0.3, -0.25) is 91.1 Å². The lowest BCUT2D eigenvalue weighted by molar-refractivity contribution is -0.149. The van der Waals surface area contributed by atoms with Gasteiger partial charge >= 0.3 is 11.9 Å². The molecule has 9 rings (SSSR count). The van der Waals surface area contributed by atoms with Crippen LogP contribution >= 0.6 is 11.8 Å². The number of aromatic amines is 2. The van der Waals surface area contributed by atoms with E-state index in [9.17, 15) is 78.0 Å². The molecule has 6 aromatic rings. The number of H-pyrrole nitrogens is 2. The number of carboxylic acid groups (broad SMARTS) is 2. The first kappa shape index (κ1) is 106. The number of phenolic OH excluding ortho intramolecular Hbond substituents is 1. The van der Waals surface area contributed by atoms with Gasteiger partial charge in [-0.25, -0.2) is 4.98 Å². The van der Waals surface area contributed by atoms with Crippen molar-refractivity contribution in [3.05, 3.63) is 120 Å². The summed E-state index contributed by atoms with van der Waals surface area (Å²) in [5.74, 6) is -20.6. The Hall–Kier alpha value is -14.1. The van der Waals surface area contributed by atoms with Crippen LogP contribution in [0.2, 0.25) is 0 Å². The van der Waals surface area contributed by atoms with Crippen LogP contribution in [0.3, 0.4) is 0 Å². The average Bonchev–Trinajstić information content (AvgIpc) is 1.60. The zero-order valence-electron chi connectivity index (χ0n) is 76.7. The number of para-hydroxylation sites is 2. The molecule has 3 aromatic carbocycles. The topological polar surface area (TPSA) is 669 Å². The number of phenols is 1. The highest BCUT2D eigenvalue weighted by Crippen LogP contribution is 2.29. The highest BCUT2D eigenvalue weighted by atomic mass is 32.2. The smallest absolute Gasteiger partial charge is 0.323 e. The maximum Gasteiger partial charge on any atom is 0.323 e. The van der Waals surface area contributed by atoms with Crippen molar-refractivity contribution in [3.8, 4) is 5.75 Å². The van der Waals surface area contributed by atoms with Crippen LogP contribution in [-0.4, -0.2) is 326 Å². The fraction of sp³-hybridized carbons (Fsp3) is 0.511. The maximum absolute atomic E-state index is 15.9. The molecule has 15 atom stereocenters. The minimum Gasteiger partial charge on any atom is -0.508 e. The number of amides is 17. The number of hydrogen-bond acceptors (Lipinski definition) is 24. The Labute approximate surface area is 786 Å². The Morgan fingerprint density at radius 3 is 1.79 bits per heavy atom. The van der Waals surface area contributed by atoms with Crippen molar-refractivity contribution < 1.29 is 112 Å². The molecule has 3 aromatic heterocycles. The molecule has 0 unspecified atom stereocenters. The summed E-state index contributed by atoms with van der Waals surface area (Å²) in [6.07, 6.45) is 1.06. The summed E-state index contributed by atoms with van der Waals surface area (Å²) < 4.78 is 1.42. The summed E-state index contributed by atoms with van der Waals surface area (Å²) in [4.78, 5) is 289. The van der Waals surface area contributed by atoms with Crippen molar-refractivity contribution in [2.45, 2.75) is 234 Å². The monoisotopic (exact) mass is 1910 g/mol. The number of carboxylic acids is 2. The van der Waals surface area contributed by atoms with Gasteiger partial charge in [0.2, 0.25) is 100 Å². The number of fused-ring (bicyclic) bond motifs is 4. The second-order valence-electron chi connectivity index (χ2n) is 34.2. The molecule has 3 fully saturated rings. The highest BCUT2D eigenvalue weighted by molar-refractivity contribution is 8.00. The number of aromatic hydroxyl groups is 1. The summed E-state index contributed by atoms with van der Waals surface area (Å²) >= 11 is 0.757. The molecule has 3 aliphatic heterocycles. The number of aliphatic hydroxyl groups excluding tert-OH is 1. The Balaban J connectivity index is 1.11. The van der Waals surface area contributed by atoms with Gasteiger partial charge in [-0.15, -0.1) is 11.8 Å². The van der Waals surface area contributed by atoms with Crippen molar-refractivity contribution in [1.82, 2.24) is 97.2 Å². The third-order valence-corrected chi connectivity index (χ3v) is 25.2. The lowest BCUT2D eigenvalue weighted by atomic mass is 10.00. The lowest BCUT2D eigenvalue weighted by Gasteiger charge is -2.36. The van der Waals surface area contributed by atoms with Crippen LogP contribution in [0.4, 0.5) is 0 Å². The zero-order chi connectivity index (χ0) is 99.5. The summed E-state index contributed by atoms with van der Waals surface area (Å²) in [7, 11) is 3.82. The van der Waals surface area contributed by atoms with E-state index >= 15 is 33.6 Å². The Kier molecular flexibility index (Phi) is 38.7. The first-order chi connectivity index (χ1) is 64.7. The molecular formula is C90H122N22O23S. The second-order valence-corrected chi connectivity index (χ2v) is 35.2. The van der Waals surface area contributed by atoms with E-state index in [0.29, 0.717) is 64.2 Å². The van der Waals surface area contributed by atoms with E-state index < -0.39 is 273 Å². The van der Waals surface area contributed by atoms with E-state index in [1.165, 1.54) is 82.5 Å². The number of likely N-dealkylation sites (N-methyl/N-ethyl adjacent to an activating group) is 3. The standard InChI is InChI=1S/C90H122N22O23S/c1-8-10-20-68-83(128)98-48(3)77(122)106-66(79(124)96-41-73(93)116)45-136-46-74(117)99-63(33-50-24-26-54(113)27-25-50)86(131)107(5)49(4)78(123)104-65(38-72(92)115)89(134)111-32-16-23-69(111)84(129)103-62(36-53-40-94-47-97-53)82(127)101-60(28-29-75(118)119)88(133)112-43-55(114)37-71(112)85(130)102-61(34-51-39-95-58-19-14-12-17-56(51)58)81(126)100-59(30-31-91)80(125)105-64(87(132)109(7)70(21-11-9-2)90(135)108(68)6)35-52-42-110(44-76(120)121)67-22-15-13-18-57(52)67/h12-15,17-19,22,24-27,39-40,42,47-49,55,59-66,68-71,95,113-114H,8-11,16,20-21,23,28-38,41,43-46,91H2,1-7H3,(H2,92,115)(H2,93,116)(H,94,97)(H,96,124)(H,98,128)(H,99,117)(H,100,126)(H,101,127)(H,102,130)(H,103,129)(H,104,123)(H,105,125)(H,106,122)(H,118,119)(H,120,121)/t48-,49-,55+,59-,60-,61-,62-,63-,64-,65+,66-,68-,69-,70-,71-/m0/s1. The number of aliphatic hydroxyl groups is 1. The molecule has 17 amide bonds. The minimum atomic E-state index is -1.86. The van der Waals surface area contributed by atoms with E-state index in [-0.39, 0.29) is 69.5 Å². The number of nitrogens with two attached hydrogens (primary N) is 3. The number of thioether (sulfide) groups is 1. The van der Waals surface area contributed by atoms with E-state index in [4.69, 9.17) is 17.2 Å². The van der Waals surface area contributed by atoms with E-state index in [2.05, 4.69) is 68.1 Å². The number of nitrogens with one attached hydrogen (secondary N) is 12. The second kappa shape index (κ2) is 49.8. The van der Waals surface area contributed by atoms with Crippen molar-refractivity contribution in [2.75, 3.05) is 58.8 Å². The molecule has 0 bridgehead atoms. The number of aliphatic carboxylic acids is 2. The zero-order valence-corrected chi connectivity index (χ0v) is 77.5. The number of unbranched alkanes of at least 4 members (excludes halogenated alkanes) is 2. The minimum absolute atomic E-state index is 0.0165. The summed E-state index contributed by atoms with van der Waals surface area (Å²) in [6, 6.07) is -3.52. The number of imidazole rings is 1. The van der Waals surface area contributed by atoms with E-state index in [1.54, 1.807) is 54.7 Å². The van der Waals surface area contributed by atoms with E-state index in [0.717, 1.165) is 36.3 Å². The molecule has 0 aliphatic carbocycles. The van der Waals surface area contributed by atoms with Gasteiger partial charge in [0, 0.05) is 125 Å². The van der Waals surface area contributed by atoms with Gasteiger partial charge in [0.15, 0.2) is 0 Å². The van der Waals surface area contributed by atoms with Gasteiger partial charge in [0.1, 0.15) is 96.9 Å². The Morgan fingerprint density at radius 1 is 0.551 bits per heavy atom. The van der Waals surface area contributed by atoms with Crippen LogP contribution in [0.25, 0.3) is 21.8 Å². The molecule has 0 saturated carbocycles. The lowest BCUT2D eigenvalue weighted by Crippen LogP contribution is -2.61. The molecule has 3 saturated heterocycles. The molecule has 0 radical (unpaired) electrons. The van der Waals surface area contributed by atoms with Gasteiger partial charge in [-0.2, -0.15) is 0 Å². The summed E-state index contributed by atoms with van der Waals surface area (Å²) in [6.45, 7) is 3.81. The van der Waals surface area contributed by atoms with Crippen molar-refractivity contribution >= 4 is 146 Å². The highest BCUT2D eigenvalue weighted by Gasteiger charge is 2.47. The SMILES string of the molecule is CCCC[C@H]1C(=O)N(C)[C@@H](CCCC)C(=O)N[C@@H](C)C(=O)N[C@H](C(=O)NCC(N)=O)CSCC(=O)N[C@@H](Cc2ccc(O)cc2)C(=O)N(C)[C@@H](C)C(=O)N[C@H](CC(N)=O)C(=O)N2CCC[C@H]2C(=O)N[C@@H](Cc2cnc[nH]2)C(=O)N[C@@H](CCC(=O)O)C(=O)N2C[C@H](O)C[C@H]2C(=O)N[C@@H](Cc2c[nH]c3ccccc23)C(=O)N[C@@H](CCN)C(=O)N[C@@H](Cc2cn(CC(=O)O)c3ccccc23)C(=O)N1C. The van der Waals surface area contributed by atoms with Crippen LogP contribution in [0.15, 0.2) is 97.7 Å². The number of carbonyl (C=O) groups excluding carboxylic acids is 17.